The molecule has 14 aromatic rings. The minimum atomic E-state index is 0.232. The van der Waals surface area contributed by atoms with Crippen molar-refractivity contribution in [3.05, 3.63) is 313 Å². The first-order chi connectivity index (χ1) is 41.6. The molecule has 1 unspecified atom stereocenters. The fourth-order valence-electron chi connectivity index (χ4n) is 14.2. The van der Waals surface area contributed by atoms with E-state index in [-0.39, 0.29) is 5.92 Å². The predicted octanol–water partition coefficient (Wildman–Crippen LogP) is 22.8. The molecule has 2 heteroatoms. The molecule has 0 N–H and O–H groups in total. The average molecular weight is 1070 g/mol. The number of benzene rings is 14. The normalized spacial score (nSPS) is 14.5. The van der Waals surface area contributed by atoms with Crippen molar-refractivity contribution in [1.82, 2.24) is 0 Å². The summed E-state index contributed by atoms with van der Waals surface area (Å²) in [5, 5.41) is 17.2. The first kappa shape index (κ1) is 48.2. The van der Waals surface area contributed by atoms with Crippen LogP contribution in [0.25, 0.3) is 110 Å². The van der Waals surface area contributed by atoms with Gasteiger partial charge in [-0.2, -0.15) is 0 Å². The molecule has 0 aliphatic heterocycles. The van der Waals surface area contributed by atoms with Gasteiger partial charge in [0.2, 0.25) is 0 Å². The van der Waals surface area contributed by atoms with E-state index in [1.165, 1.54) is 125 Å². The summed E-state index contributed by atoms with van der Waals surface area (Å²) in [5.74, 6) is 0.232. The Morgan fingerprint density at radius 1 is 0.321 bits per heavy atom. The molecule has 0 spiro atoms. The van der Waals surface area contributed by atoms with Gasteiger partial charge in [0.1, 0.15) is 0 Å². The molecule has 3 aliphatic carbocycles. The van der Waals surface area contributed by atoms with Crippen LogP contribution < -0.4 is 9.80 Å². The standard InChI is InChI=1S/C82H56N2/c1-5-19-59-47-67(35-29-53(59)13-1)83(68-36-30-54-14-2-6-20-60(54)48-68)71-39-43-77-79(51-71)81(65-33-41-75-63(45-65)27-25-57-17-9-11-23-73(57)75)78-44-40-72(52-80(78)82(77)66-34-42-76-64(46-66)28-26-58-18-10-12-24-74(58)76)84(69-37-31-55-15-3-7-21-61(55)49-69)70-38-32-56-16-4-8-22-62(56)50-70/h1-3,5-15,17-44,46-52,63H,4,16,45H2. The third-order valence-electron chi connectivity index (χ3n) is 18.3. The fourth-order valence-corrected chi connectivity index (χ4v) is 14.2. The Balaban J connectivity index is 0.969. The summed E-state index contributed by atoms with van der Waals surface area (Å²) in [6.45, 7) is 0. The van der Waals surface area contributed by atoms with Gasteiger partial charge in [0.15, 0.2) is 0 Å². The Bertz CT molecular complexity index is 5130. The second-order valence-corrected chi connectivity index (χ2v) is 23.1. The average Bonchev–Trinajstić information content (AvgIpc) is 2.61. The smallest absolute Gasteiger partial charge is 0.0468 e. The summed E-state index contributed by atoms with van der Waals surface area (Å²) in [4.78, 5) is 4.96. The third kappa shape index (κ3) is 8.09. The molecule has 394 valence electrons. The van der Waals surface area contributed by atoms with Gasteiger partial charge in [-0.1, -0.05) is 218 Å². The molecule has 14 aromatic carbocycles. The van der Waals surface area contributed by atoms with Gasteiger partial charge in [-0.25, -0.2) is 0 Å². The van der Waals surface area contributed by atoms with Crippen molar-refractivity contribution in [3.63, 3.8) is 0 Å². The molecule has 0 saturated carbocycles. The number of rotatable bonds is 8. The van der Waals surface area contributed by atoms with Crippen LogP contribution in [0.15, 0.2) is 285 Å². The maximum atomic E-state index is 2.51. The summed E-state index contributed by atoms with van der Waals surface area (Å²) in [6.07, 6.45) is 17.3. The fraction of sp³-hybridized carbons (Fsp3) is 0.0488. The molecule has 0 fully saturated rings. The number of fused-ring (bicyclic) bond motifs is 12. The second kappa shape index (κ2) is 19.6. The Kier molecular flexibility index (Phi) is 11.2. The topological polar surface area (TPSA) is 6.48 Å². The first-order valence-electron chi connectivity index (χ1n) is 29.6. The molecule has 0 saturated heterocycles. The molecule has 0 radical (unpaired) electrons. The molecule has 3 aliphatic rings. The molecule has 84 heavy (non-hydrogen) atoms. The lowest BCUT2D eigenvalue weighted by molar-refractivity contribution is 0.858. The monoisotopic (exact) mass is 1070 g/mol. The lowest BCUT2D eigenvalue weighted by Gasteiger charge is -2.31. The minimum Gasteiger partial charge on any atom is -0.310 e. The molecular weight excluding hydrogens is 1010 g/mol. The van der Waals surface area contributed by atoms with Crippen molar-refractivity contribution in [1.29, 1.82) is 0 Å². The third-order valence-corrected chi connectivity index (χ3v) is 18.3. The van der Waals surface area contributed by atoms with Crippen LogP contribution in [-0.4, -0.2) is 0 Å². The maximum Gasteiger partial charge on any atom is 0.0468 e. The van der Waals surface area contributed by atoms with E-state index in [1.807, 2.05) is 0 Å². The predicted molar refractivity (Wildman–Crippen MR) is 361 cm³/mol. The van der Waals surface area contributed by atoms with Crippen LogP contribution in [-0.2, 0) is 6.42 Å². The number of hydrogen-bond donors (Lipinski definition) is 0. The zero-order valence-electron chi connectivity index (χ0n) is 46.4. The van der Waals surface area contributed by atoms with Crippen molar-refractivity contribution in [2.45, 2.75) is 19.3 Å². The summed E-state index contributed by atoms with van der Waals surface area (Å²) in [6, 6.07) is 98.1. The maximum absolute atomic E-state index is 2.51. The molecule has 17 rings (SSSR count). The van der Waals surface area contributed by atoms with E-state index in [0.29, 0.717) is 0 Å². The van der Waals surface area contributed by atoms with Gasteiger partial charge >= 0.3 is 0 Å². The van der Waals surface area contributed by atoms with Crippen LogP contribution in [0.5, 0.6) is 0 Å². The highest BCUT2D eigenvalue weighted by molar-refractivity contribution is 6.22. The van der Waals surface area contributed by atoms with E-state index >= 15 is 0 Å². The Hall–Kier alpha value is -10.5. The van der Waals surface area contributed by atoms with Gasteiger partial charge in [0.05, 0.1) is 0 Å². The van der Waals surface area contributed by atoms with Gasteiger partial charge in [-0.15, -0.1) is 0 Å². The first-order valence-corrected chi connectivity index (χ1v) is 29.6. The lowest BCUT2D eigenvalue weighted by atomic mass is 9.75. The van der Waals surface area contributed by atoms with Crippen molar-refractivity contribution >= 4 is 133 Å². The van der Waals surface area contributed by atoms with E-state index in [4.69, 9.17) is 0 Å². The number of hydrogen-bond acceptors (Lipinski definition) is 2. The number of allylic oxidation sites excluding steroid dienone is 6. The van der Waals surface area contributed by atoms with Gasteiger partial charge < -0.3 is 9.80 Å². The van der Waals surface area contributed by atoms with E-state index in [1.54, 1.807) is 0 Å². The van der Waals surface area contributed by atoms with Crippen LogP contribution in [0.1, 0.15) is 40.7 Å². The molecule has 0 amide bonds. The Labute approximate surface area is 489 Å². The lowest BCUT2D eigenvalue weighted by Crippen LogP contribution is -2.12. The van der Waals surface area contributed by atoms with E-state index in [0.717, 1.165) is 53.4 Å². The van der Waals surface area contributed by atoms with Gasteiger partial charge in [0.25, 0.3) is 0 Å². The molecule has 1 atom stereocenters. The highest BCUT2D eigenvalue weighted by Gasteiger charge is 2.28. The van der Waals surface area contributed by atoms with Crippen molar-refractivity contribution in [2.75, 3.05) is 9.80 Å². The van der Waals surface area contributed by atoms with Crippen LogP contribution >= 0.6 is 0 Å². The van der Waals surface area contributed by atoms with Crippen molar-refractivity contribution in [3.8, 4) is 11.1 Å². The van der Waals surface area contributed by atoms with E-state index < -0.39 is 0 Å². The highest BCUT2D eigenvalue weighted by atomic mass is 15.1. The molecule has 0 heterocycles. The quantitative estimate of drug-likeness (QED) is 0.111. The van der Waals surface area contributed by atoms with Crippen molar-refractivity contribution in [2.24, 2.45) is 5.92 Å². The SMILES string of the molecule is C1=Cc2cc(N(c3ccc4ccccc4c3)c3ccc4c(C5=CC=C6c7ccccc7C=CC6C5)c5cc(N(c6ccc7ccccc7c6)c6ccc7ccccc7c6)ccc5c(-c5ccc6c(ccc7ccccc76)c5)c4c3)ccc2CC1. The molecule has 0 aromatic heterocycles. The summed E-state index contributed by atoms with van der Waals surface area (Å²) in [7, 11) is 0. The molecular formula is C82H56N2. The summed E-state index contributed by atoms with van der Waals surface area (Å²) < 4.78 is 0. The molecule has 2 nitrogen and oxygen atoms in total. The zero-order chi connectivity index (χ0) is 55.2. The second-order valence-electron chi connectivity index (χ2n) is 23.1. The number of nitrogens with zero attached hydrogens (tertiary/aromatic N) is 2. The number of anilines is 6. The minimum absolute atomic E-state index is 0.232. The van der Waals surface area contributed by atoms with Gasteiger partial charge in [-0.05, 0) is 224 Å². The van der Waals surface area contributed by atoms with Crippen LogP contribution in [0.3, 0.4) is 0 Å². The number of aryl methyl sites for hydroxylation is 1. The van der Waals surface area contributed by atoms with Crippen LogP contribution in [0, 0.1) is 5.92 Å². The van der Waals surface area contributed by atoms with E-state index in [2.05, 4.69) is 307 Å². The van der Waals surface area contributed by atoms with Crippen molar-refractivity contribution < 1.29 is 0 Å². The molecule has 0 bridgehead atoms. The van der Waals surface area contributed by atoms with E-state index in [9.17, 15) is 0 Å². The van der Waals surface area contributed by atoms with Gasteiger partial charge in [-0.3, -0.25) is 0 Å². The Morgan fingerprint density at radius 3 is 1.50 bits per heavy atom. The summed E-state index contributed by atoms with van der Waals surface area (Å²) in [5.41, 5.74) is 18.4. The van der Waals surface area contributed by atoms with Crippen LogP contribution in [0.4, 0.5) is 34.1 Å². The Morgan fingerprint density at radius 2 is 0.821 bits per heavy atom. The van der Waals surface area contributed by atoms with Gasteiger partial charge in [0, 0.05) is 40.0 Å². The highest BCUT2D eigenvalue weighted by Crippen LogP contribution is 2.51. The van der Waals surface area contributed by atoms with Crippen LogP contribution in [0.2, 0.25) is 0 Å². The summed E-state index contributed by atoms with van der Waals surface area (Å²) >= 11 is 0. The largest absolute Gasteiger partial charge is 0.310 e. The zero-order valence-corrected chi connectivity index (χ0v) is 46.4.